The van der Waals surface area contributed by atoms with Gasteiger partial charge in [-0.2, -0.15) is 5.10 Å². The van der Waals surface area contributed by atoms with E-state index in [1.165, 1.54) is 0 Å². The van der Waals surface area contributed by atoms with E-state index in [2.05, 4.69) is 10.4 Å². The van der Waals surface area contributed by atoms with Crippen molar-refractivity contribution in [2.75, 3.05) is 6.61 Å². The highest BCUT2D eigenvalue weighted by Gasteiger charge is 2.48. The molecule has 0 bridgehead atoms. The summed E-state index contributed by atoms with van der Waals surface area (Å²) in [5.41, 5.74) is 0.771. The maximum absolute atomic E-state index is 12.7. The first-order valence-electron chi connectivity index (χ1n) is 8.15. The van der Waals surface area contributed by atoms with Crippen LogP contribution >= 0.6 is 0 Å². The molecule has 1 amide bonds. The molecule has 0 fully saturated rings. The molecule has 1 aromatic carbocycles. The van der Waals surface area contributed by atoms with Crippen molar-refractivity contribution < 1.29 is 14.3 Å². The van der Waals surface area contributed by atoms with Gasteiger partial charge in [-0.15, -0.1) is 0 Å². The Labute approximate surface area is 140 Å². The number of rotatable bonds is 5. The monoisotopic (exact) mass is 327 g/mol. The van der Waals surface area contributed by atoms with Crippen molar-refractivity contribution >= 4 is 11.9 Å². The molecule has 0 spiro atoms. The summed E-state index contributed by atoms with van der Waals surface area (Å²) >= 11 is 0. The van der Waals surface area contributed by atoms with E-state index >= 15 is 0 Å². The van der Waals surface area contributed by atoms with Crippen LogP contribution in [0.15, 0.2) is 42.7 Å². The third kappa shape index (κ3) is 2.68. The van der Waals surface area contributed by atoms with Crippen molar-refractivity contribution in [3.8, 4) is 0 Å². The predicted molar refractivity (Wildman–Crippen MR) is 88.2 cm³/mol. The van der Waals surface area contributed by atoms with Crippen molar-refractivity contribution in [1.82, 2.24) is 15.1 Å². The number of benzene rings is 1. The van der Waals surface area contributed by atoms with E-state index in [0.717, 1.165) is 17.5 Å². The lowest BCUT2D eigenvalue weighted by Crippen LogP contribution is -2.52. The van der Waals surface area contributed by atoms with Gasteiger partial charge in [0.05, 0.1) is 6.61 Å². The smallest absolute Gasteiger partial charge is 0.336 e. The molecule has 0 saturated heterocycles. The predicted octanol–water partition coefficient (Wildman–Crippen LogP) is 1.97. The molecule has 1 aliphatic carbocycles. The lowest BCUT2D eigenvalue weighted by Gasteiger charge is -2.30. The molecule has 24 heavy (non-hydrogen) atoms. The fourth-order valence-electron chi connectivity index (χ4n) is 3.20. The number of nitrogens with one attached hydrogen (secondary N) is 1. The van der Waals surface area contributed by atoms with Crippen LogP contribution in [0.5, 0.6) is 0 Å². The van der Waals surface area contributed by atoms with Crippen LogP contribution in [0.2, 0.25) is 0 Å². The summed E-state index contributed by atoms with van der Waals surface area (Å²) in [6.07, 6.45) is 4.58. The minimum Gasteiger partial charge on any atom is -0.464 e. The Morgan fingerprint density at radius 2 is 2.17 bits per heavy atom. The van der Waals surface area contributed by atoms with Gasteiger partial charge in [0.15, 0.2) is 5.54 Å². The molecule has 1 heterocycles. The first-order valence-corrected chi connectivity index (χ1v) is 8.15. The Morgan fingerprint density at radius 1 is 1.38 bits per heavy atom. The van der Waals surface area contributed by atoms with Gasteiger partial charge in [-0.05, 0) is 43.9 Å². The Bertz CT molecular complexity index is 742. The number of carbonyl (C=O) groups excluding carboxylic acids is 2. The maximum atomic E-state index is 12.7. The van der Waals surface area contributed by atoms with E-state index in [1.807, 2.05) is 24.3 Å². The number of hydrogen-bond donors (Lipinski definition) is 1. The second-order valence-electron chi connectivity index (χ2n) is 5.93. The van der Waals surface area contributed by atoms with Gasteiger partial charge in [-0.3, -0.25) is 9.48 Å². The maximum Gasteiger partial charge on any atom is 0.336 e. The van der Waals surface area contributed by atoms with E-state index in [-0.39, 0.29) is 12.5 Å². The number of nitrogens with zero attached hydrogens (tertiary/aromatic N) is 2. The number of aromatic nitrogens is 2. The molecule has 126 valence electrons. The molecule has 2 atom stereocenters. The van der Waals surface area contributed by atoms with Gasteiger partial charge < -0.3 is 10.1 Å². The van der Waals surface area contributed by atoms with Crippen molar-refractivity contribution in [1.29, 1.82) is 0 Å². The van der Waals surface area contributed by atoms with Gasteiger partial charge >= 0.3 is 5.97 Å². The summed E-state index contributed by atoms with van der Waals surface area (Å²) in [5, 5.41) is 7.05. The van der Waals surface area contributed by atoms with E-state index in [9.17, 15) is 9.59 Å². The fraction of sp³-hybridized carbons (Fsp3) is 0.389. The number of amides is 1. The van der Waals surface area contributed by atoms with Crippen molar-refractivity contribution in [2.24, 2.45) is 0 Å². The first-order chi connectivity index (χ1) is 11.6. The number of esters is 1. The molecule has 2 aromatic rings. The second-order valence-corrected chi connectivity index (χ2v) is 5.93. The highest BCUT2D eigenvalue weighted by molar-refractivity contribution is 5.91. The summed E-state index contributed by atoms with van der Waals surface area (Å²) in [6, 6.07) is 8.93. The highest BCUT2D eigenvalue weighted by atomic mass is 16.5. The zero-order valence-corrected chi connectivity index (χ0v) is 13.9. The molecule has 6 heteroatoms. The number of ether oxygens (including phenoxy) is 1. The SMILES string of the molecule is CCOC(=O)[C@@]1(NC(=O)[C@@H](C)n2cccn2)CCc2ccccc21. The van der Waals surface area contributed by atoms with Crippen LogP contribution in [0.1, 0.15) is 37.4 Å². The van der Waals surface area contributed by atoms with E-state index in [0.29, 0.717) is 6.42 Å². The topological polar surface area (TPSA) is 73.2 Å². The Kier molecular flexibility index (Phi) is 4.38. The third-order valence-electron chi connectivity index (χ3n) is 4.51. The molecule has 0 radical (unpaired) electrons. The van der Waals surface area contributed by atoms with Crippen LogP contribution in [0.3, 0.4) is 0 Å². The van der Waals surface area contributed by atoms with Gasteiger partial charge in [-0.25, -0.2) is 4.79 Å². The zero-order valence-electron chi connectivity index (χ0n) is 13.9. The molecular formula is C18H21N3O3. The van der Waals surface area contributed by atoms with Gasteiger partial charge in [0.25, 0.3) is 0 Å². The highest BCUT2D eigenvalue weighted by Crippen LogP contribution is 2.38. The average molecular weight is 327 g/mol. The molecule has 1 N–H and O–H groups in total. The summed E-state index contributed by atoms with van der Waals surface area (Å²) in [7, 11) is 0. The van der Waals surface area contributed by atoms with Gasteiger partial charge in [0.2, 0.25) is 5.91 Å². The second kappa shape index (κ2) is 6.47. The molecule has 6 nitrogen and oxygen atoms in total. The van der Waals surface area contributed by atoms with Crippen LogP contribution in [0.25, 0.3) is 0 Å². The zero-order chi connectivity index (χ0) is 17.2. The van der Waals surface area contributed by atoms with E-state index < -0.39 is 17.6 Å². The summed E-state index contributed by atoms with van der Waals surface area (Å²) in [5.74, 6) is -0.667. The number of fused-ring (bicyclic) bond motifs is 1. The van der Waals surface area contributed by atoms with Crippen LogP contribution < -0.4 is 5.32 Å². The molecule has 0 saturated carbocycles. The lowest BCUT2D eigenvalue weighted by molar-refractivity contribution is -0.154. The van der Waals surface area contributed by atoms with Crippen LogP contribution in [-0.2, 0) is 26.3 Å². The first kappa shape index (κ1) is 16.2. The minimum atomic E-state index is -1.12. The number of aryl methyl sites for hydroxylation is 1. The van der Waals surface area contributed by atoms with E-state index in [4.69, 9.17) is 4.74 Å². The van der Waals surface area contributed by atoms with Gasteiger partial charge in [-0.1, -0.05) is 24.3 Å². The summed E-state index contributed by atoms with van der Waals surface area (Å²) in [6.45, 7) is 3.79. The van der Waals surface area contributed by atoms with Crippen molar-refractivity contribution in [3.63, 3.8) is 0 Å². The molecule has 1 aliphatic rings. The Morgan fingerprint density at radius 3 is 2.88 bits per heavy atom. The molecule has 1 aromatic heterocycles. The van der Waals surface area contributed by atoms with Crippen LogP contribution in [0, 0.1) is 0 Å². The Balaban J connectivity index is 1.93. The fourth-order valence-corrected chi connectivity index (χ4v) is 3.20. The van der Waals surface area contributed by atoms with Crippen molar-refractivity contribution in [2.45, 2.75) is 38.3 Å². The summed E-state index contributed by atoms with van der Waals surface area (Å²) < 4.78 is 6.85. The van der Waals surface area contributed by atoms with Crippen molar-refractivity contribution in [3.05, 3.63) is 53.9 Å². The Hall–Kier alpha value is -2.63. The average Bonchev–Trinajstić information content (AvgIpc) is 3.23. The molecule has 0 unspecified atom stereocenters. The normalized spacial score (nSPS) is 20.2. The van der Waals surface area contributed by atoms with Gasteiger partial charge in [0.1, 0.15) is 6.04 Å². The van der Waals surface area contributed by atoms with Crippen LogP contribution in [-0.4, -0.2) is 28.3 Å². The number of carbonyl (C=O) groups is 2. The molecular weight excluding hydrogens is 306 g/mol. The van der Waals surface area contributed by atoms with Crippen LogP contribution in [0.4, 0.5) is 0 Å². The molecule has 3 rings (SSSR count). The quantitative estimate of drug-likeness (QED) is 0.852. The largest absolute Gasteiger partial charge is 0.464 e. The third-order valence-corrected chi connectivity index (χ3v) is 4.51. The minimum absolute atomic E-state index is 0.261. The summed E-state index contributed by atoms with van der Waals surface area (Å²) in [4.78, 5) is 25.5. The standard InChI is InChI=1S/C18H21N3O3/c1-3-24-17(23)18(10-9-14-7-4-5-8-15(14)18)20-16(22)13(2)21-12-6-11-19-21/h4-8,11-13H,3,9-10H2,1-2H3,(H,20,22)/t13-,18-/m1/s1. The lowest BCUT2D eigenvalue weighted by atomic mass is 9.91. The molecule has 0 aliphatic heterocycles. The van der Waals surface area contributed by atoms with E-state index in [1.54, 1.807) is 37.0 Å². The number of hydrogen-bond acceptors (Lipinski definition) is 4. The van der Waals surface area contributed by atoms with Gasteiger partial charge in [0, 0.05) is 12.4 Å².